The van der Waals surface area contributed by atoms with Crippen LogP contribution < -0.4 is 14.4 Å². The van der Waals surface area contributed by atoms with Crippen LogP contribution in [0.5, 0.6) is 11.5 Å². The Morgan fingerprint density at radius 1 is 1.03 bits per heavy atom. The van der Waals surface area contributed by atoms with Crippen LogP contribution in [0, 0.1) is 0 Å². The number of methoxy groups -OCH3 is 2. The van der Waals surface area contributed by atoms with Crippen LogP contribution in [0.25, 0.3) is 0 Å². The van der Waals surface area contributed by atoms with Gasteiger partial charge < -0.3 is 14.4 Å². The van der Waals surface area contributed by atoms with Crippen LogP contribution in [-0.2, 0) is 21.2 Å². The molecule has 0 N–H and O–H groups in total. The van der Waals surface area contributed by atoms with Gasteiger partial charge in [-0.1, -0.05) is 23.7 Å². The highest BCUT2D eigenvalue weighted by atomic mass is 35.5. The summed E-state index contributed by atoms with van der Waals surface area (Å²) < 4.78 is 35.6. The van der Waals surface area contributed by atoms with E-state index in [1.54, 1.807) is 49.5 Å². The second-order valence-electron chi connectivity index (χ2n) is 7.55. The van der Waals surface area contributed by atoms with Gasteiger partial charge in [0.05, 0.1) is 38.3 Å². The molecule has 0 radical (unpaired) electrons. The first-order chi connectivity index (χ1) is 14.3. The largest absolute Gasteiger partial charge is 0.493 e. The van der Waals surface area contributed by atoms with E-state index in [-0.39, 0.29) is 30.0 Å². The van der Waals surface area contributed by atoms with Crippen molar-refractivity contribution < 1.29 is 22.7 Å². The Balaban J connectivity index is 1.65. The number of hydrogen-bond donors (Lipinski definition) is 0. The second kappa shape index (κ2) is 8.09. The number of amides is 1. The van der Waals surface area contributed by atoms with E-state index in [4.69, 9.17) is 21.1 Å². The minimum Gasteiger partial charge on any atom is -0.493 e. The number of nitrogens with zero attached hydrogens (tertiary/aromatic N) is 2. The van der Waals surface area contributed by atoms with Crippen LogP contribution >= 0.6 is 11.6 Å². The fourth-order valence-electron chi connectivity index (χ4n) is 4.31. The maximum absolute atomic E-state index is 13.1. The van der Waals surface area contributed by atoms with Gasteiger partial charge in [0.2, 0.25) is 5.91 Å². The lowest BCUT2D eigenvalue weighted by Gasteiger charge is -2.43. The van der Waals surface area contributed by atoms with Crippen LogP contribution in [0.2, 0.25) is 5.02 Å². The normalized spacial score (nSPS) is 23.3. The summed E-state index contributed by atoms with van der Waals surface area (Å²) in [7, 11) is -0.133. The number of hydrogen-bond acceptors (Lipinski definition) is 6. The fraction of sp³-hybridized carbons (Fsp3) is 0.381. The van der Waals surface area contributed by atoms with Crippen molar-refractivity contribution in [2.24, 2.45) is 0 Å². The molecule has 160 valence electrons. The monoisotopic (exact) mass is 450 g/mol. The van der Waals surface area contributed by atoms with E-state index >= 15 is 0 Å². The van der Waals surface area contributed by atoms with Gasteiger partial charge in [-0.05, 0) is 35.9 Å². The first kappa shape index (κ1) is 21.0. The predicted octanol–water partition coefficient (Wildman–Crippen LogP) is 2.37. The van der Waals surface area contributed by atoms with Gasteiger partial charge in [0.15, 0.2) is 21.3 Å². The van der Waals surface area contributed by atoms with Gasteiger partial charge in [-0.2, -0.15) is 0 Å². The Bertz CT molecular complexity index is 1070. The number of carbonyl (C=O) groups excluding carboxylic acids is 1. The number of benzene rings is 2. The Labute approximate surface area is 181 Å². The summed E-state index contributed by atoms with van der Waals surface area (Å²) in [6.45, 7) is 0.559. The van der Waals surface area contributed by atoms with Gasteiger partial charge in [-0.25, -0.2) is 8.42 Å². The Hall–Kier alpha value is -2.29. The third-order valence-corrected chi connectivity index (χ3v) is 7.56. The number of ether oxygens (including phenoxy) is 2. The number of halogens is 1. The molecule has 2 aromatic rings. The quantitative estimate of drug-likeness (QED) is 0.696. The lowest BCUT2D eigenvalue weighted by molar-refractivity contribution is -0.123. The molecule has 2 aliphatic rings. The molecule has 0 aliphatic carbocycles. The van der Waals surface area contributed by atoms with Crippen LogP contribution in [0.4, 0.5) is 5.69 Å². The van der Waals surface area contributed by atoms with E-state index in [2.05, 4.69) is 0 Å². The highest BCUT2D eigenvalue weighted by Gasteiger charge is 2.49. The second-order valence-corrected chi connectivity index (χ2v) is 10.1. The number of carbonyl (C=O) groups is 1. The molecule has 2 fully saturated rings. The molecule has 2 atom stereocenters. The Kier molecular flexibility index (Phi) is 5.65. The predicted molar refractivity (Wildman–Crippen MR) is 115 cm³/mol. The molecule has 1 amide bonds. The van der Waals surface area contributed by atoms with E-state index in [9.17, 15) is 13.2 Å². The van der Waals surface area contributed by atoms with Gasteiger partial charge in [0.25, 0.3) is 0 Å². The van der Waals surface area contributed by atoms with Crippen LogP contribution in [-0.4, -0.2) is 63.6 Å². The highest BCUT2D eigenvalue weighted by molar-refractivity contribution is 7.91. The highest BCUT2D eigenvalue weighted by Crippen LogP contribution is 2.34. The number of anilines is 1. The zero-order chi connectivity index (χ0) is 21.5. The lowest BCUT2D eigenvalue weighted by atomic mass is 10.0. The molecule has 0 saturated carbocycles. The summed E-state index contributed by atoms with van der Waals surface area (Å²) in [4.78, 5) is 16.6. The van der Waals surface area contributed by atoms with E-state index in [0.29, 0.717) is 28.8 Å². The number of rotatable bonds is 5. The van der Waals surface area contributed by atoms with E-state index in [0.717, 1.165) is 5.56 Å². The van der Waals surface area contributed by atoms with E-state index in [1.165, 1.54) is 0 Å². The fourth-order valence-corrected chi connectivity index (χ4v) is 6.47. The zero-order valence-corrected chi connectivity index (χ0v) is 18.3. The van der Waals surface area contributed by atoms with Crippen molar-refractivity contribution in [1.82, 2.24) is 4.90 Å². The number of piperazine rings is 1. The molecular formula is C21H23ClN2O5S. The molecule has 30 heavy (non-hydrogen) atoms. The molecule has 0 spiro atoms. The smallest absolute Gasteiger partial charge is 0.241 e. The molecule has 2 saturated heterocycles. The molecule has 4 rings (SSSR count). The van der Waals surface area contributed by atoms with Gasteiger partial charge >= 0.3 is 0 Å². The summed E-state index contributed by atoms with van der Waals surface area (Å²) in [6.07, 6.45) is 0. The molecule has 0 unspecified atom stereocenters. The molecule has 0 bridgehead atoms. The molecule has 7 nitrogen and oxygen atoms in total. The van der Waals surface area contributed by atoms with Crippen LogP contribution in [0.15, 0.2) is 42.5 Å². The summed E-state index contributed by atoms with van der Waals surface area (Å²) in [5.74, 6) is 1.03. The number of fused-ring (bicyclic) bond motifs is 1. The van der Waals surface area contributed by atoms with Gasteiger partial charge in [0, 0.05) is 23.3 Å². The number of sulfone groups is 1. The molecular weight excluding hydrogens is 428 g/mol. The van der Waals surface area contributed by atoms with Gasteiger partial charge in [-0.15, -0.1) is 0 Å². The van der Waals surface area contributed by atoms with Crippen molar-refractivity contribution in [3.63, 3.8) is 0 Å². The summed E-state index contributed by atoms with van der Waals surface area (Å²) >= 11 is 6.11. The molecule has 2 aromatic carbocycles. The topological polar surface area (TPSA) is 76.2 Å². The average molecular weight is 451 g/mol. The lowest BCUT2D eigenvalue weighted by Crippen LogP contribution is -2.61. The summed E-state index contributed by atoms with van der Waals surface area (Å²) in [6, 6.07) is 11.8. The molecule has 2 aliphatic heterocycles. The first-order valence-electron chi connectivity index (χ1n) is 9.54. The Morgan fingerprint density at radius 3 is 2.47 bits per heavy atom. The molecule has 0 aromatic heterocycles. The standard InChI is InChI=1S/C21H23ClN2O5S/c1-28-19-7-6-14(8-20(19)29-2)10-23-11-21(25)24(16-5-3-4-15(22)9-16)18-13-30(26,27)12-17(18)23/h3-9,17-18H,10-13H2,1-2H3/t17-,18-/m1/s1. The Morgan fingerprint density at radius 2 is 1.77 bits per heavy atom. The van der Waals surface area contributed by atoms with E-state index in [1.807, 2.05) is 17.0 Å². The van der Waals surface area contributed by atoms with Gasteiger partial charge in [-0.3, -0.25) is 9.69 Å². The first-order valence-corrected chi connectivity index (χ1v) is 11.7. The average Bonchev–Trinajstić information content (AvgIpc) is 3.03. The van der Waals surface area contributed by atoms with Crippen molar-refractivity contribution in [2.75, 3.05) is 37.2 Å². The maximum Gasteiger partial charge on any atom is 0.241 e. The third-order valence-electron chi connectivity index (χ3n) is 5.62. The van der Waals surface area contributed by atoms with Crippen molar-refractivity contribution in [3.05, 3.63) is 53.1 Å². The van der Waals surface area contributed by atoms with E-state index < -0.39 is 15.9 Å². The zero-order valence-electron chi connectivity index (χ0n) is 16.7. The molecule has 2 heterocycles. The van der Waals surface area contributed by atoms with Crippen molar-refractivity contribution >= 4 is 33.0 Å². The van der Waals surface area contributed by atoms with Crippen LogP contribution in [0.1, 0.15) is 5.56 Å². The van der Waals surface area contributed by atoms with Crippen molar-refractivity contribution in [2.45, 2.75) is 18.6 Å². The van der Waals surface area contributed by atoms with Crippen LogP contribution in [0.3, 0.4) is 0 Å². The molecule has 9 heteroatoms. The van der Waals surface area contributed by atoms with Gasteiger partial charge in [0.1, 0.15) is 0 Å². The maximum atomic E-state index is 13.1. The minimum absolute atomic E-state index is 0.0231. The van der Waals surface area contributed by atoms with Crippen molar-refractivity contribution in [1.29, 1.82) is 0 Å². The minimum atomic E-state index is -3.27. The summed E-state index contributed by atoms with van der Waals surface area (Å²) in [5.41, 5.74) is 1.55. The SMILES string of the molecule is COc1ccc(CN2CC(=O)N(c3cccc(Cl)c3)[C@@H]3CS(=O)(=O)C[C@H]32)cc1OC. The van der Waals surface area contributed by atoms with Crippen molar-refractivity contribution in [3.8, 4) is 11.5 Å². The third kappa shape index (κ3) is 3.99. The summed E-state index contributed by atoms with van der Waals surface area (Å²) in [5, 5.41) is 0.505.